The van der Waals surface area contributed by atoms with E-state index in [1.165, 1.54) is 6.20 Å². The number of benzene rings is 1. The number of carbonyl (C=O) groups is 1. The van der Waals surface area contributed by atoms with Gasteiger partial charge in [-0.25, -0.2) is 9.78 Å². The highest BCUT2D eigenvalue weighted by atomic mass is 16.6. The summed E-state index contributed by atoms with van der Waals surface area (Å²) in [5.74, 6) is 1.49. The molecule has 0 atom stereocenters. The Balaban J connectivity index is 1.41. The molecule has 0 spiro atoms. The van der Waals surface area contributed by atoms with E-state index in [-0.39, 0.29) is 0 Å². The van der Waals surface area contributed by atoms with E-state index in [1.807, 2.05) is 37.3 Å². The van der Waals surface area contributed by atoms with Crippen molar-refractivity contribution in [2.75, 3.05) is 5.32 Å². The van der Waals surface area contributed by atoms with Crippen LogP contribution in [0, 0.1) is 6.92 Å². The number of nitrogens with one attached hydrogen (secondary N) is 2. The van der Waals surface area contributed by atoms with Gasteiger partial charge in [-0.05, 0) is 37.3 Å². The maximum Gasteiger partial charge on any atom is 0.417 e. The van der Waals surface area contributed by atoms with Crippen LogP contribution in [-0.2, 0) is 0 Å². The molecule has 0 radical (unpaired) electrons. The first-order chi connectivity index (χ1) is 13.2. The van der Waals surface area contributed by atoms with Crippen molar-refractivity contribution in [3.8, 4) is 17.4 Å². The quantitative estimate of drug-likeness (QED) is 0.552. The van der Waals surface area contributed by atoms with Crippen LogP contribution in [0.4, 0.5) is 10.5 Å². The topological polar surface area (TPSA) is 89.1 Å². The van der Waals surface area contributed by atoms with E-state index in [0.717, 1.165) is 16.6 Å². The van der Waals surface area contributed by atoms with E-state index in [1.54, 1.807) is 30.6 Å². The second kappa shape index (κ2) is 7.17. The number of aryl methyl sites for hydroxylation is 1. The lowest BCUT2D eigenvalue weighted by Gasteiger charge is -2.08. The lowest BCUT2D eigenvalue weighted by molar-refractivity contribution is 0.215. The second-order valence-corrected chi connectivity index (χ2v) is 5.79. The van der Waals surface area contributed by atoms with Crippen molar-refractivity contribution in [1.82, 2.24) is 15.0 Å². The summed E-state index contributed by atoms with van der Waals surface area (Å²) in [7, 11) is 0. The number of hydrogen-bond acceptors (Lipinski definition) is 5. The van der Waals surface area contributed by atoms with Gasteiger partial charge < -0.3 is 14.5 Å². The maximum atomic E-state index is 12.1. The summed E-state index contributed by atoms with van der Waals surface area (Å²) < 4.78 is 11.0. The molecular formula is C20H16N4O3. The van der Waals surface area contributed by atoms with Crippen LogP contribution >= 0.6 is 0 Å². The van der Waals surface area contributed by atoms with Gasteiger partial charge in [0.15, 0.2) is 11.5 Å². The average Bonchev–Trinajstić information content (AvgIpc) is 3.08. The first-order valence-electron chi connectivity index (χ1n) is 8.29. The van der Waals surface area contributed by atoms with Crippen molar-refractivity contribution < 1.29 is 14.3 Å². The number of nitrogens with zero attached hydrogens (tertiary/aromatic N) is 2. The van der Waals surface area contributed by atoms with Crippen molar-refractivity contribution in [2.45, 2.75) is 6.92 Å². The van der Waals surface area contributed by atoms with Gasteiger partial charge in [-0.2, -0.15) is 0 Å². The van der Waals surface area contributed by atoms with Crippen LogP contribution in [0.25, 0.3) is 10.9 Å². The predicted molar refractivity (Wildman–Crippen MR) is 101 cm³/mol. The minimum absolute atomic E-state index is 0.404. The van der Waals surface area contributed by atoms with Gasteiger partial charge in [-0.15, -0.1) is 0 Å². The highest BCUT2D eigenvalue weighted by molar-refractivity contribution is 5.92. The number of carbonyl (C=O) groups excluding carboxylic acids is 1. The summed E-state index contributed by atoms with van der Waals surface area (Å²) in [5.41, 5.74) is 2.16. The molecule has 7 nitrogen and oxygen atoms in total. The van der Waals surface area contributed by atoms with E-state index in [4.69, 9.17) is 9.47 Å². The smallest absolute Gasteiger partial charge is 0.417 e. The molecule has 4 aromatic rings. The third-order valence-corrected chi connectivity index (χ3v) is 3.91. The molecule has 1 amide bonds. The molecule has 3 heterocycles. The fourth-order valence-electron chi connectivity index (χ4n) is 2.58. The Morgan fingerprint density at radius 3 is 2.74 bits per heavy atom. The highest BCUT2D eigenvalue weighted by Crippen LogP contribution is 2.26. The number of aromatic amines is 1. The number of para-hydroxylation sites is 1. The van der Waals surface area contributed by atoms with Crippen molar-refractivity contribution in [3.63, 3.8) is 0 Å². The molecule has 4 rings (SSSR count). The van der Waals surface area contributed by atoms with Crippen LogP contribution in [0.1, 0.15) is 5.69 Å². The Morgan fingerprint density at radius 2 is 1.93 bits per heavy atom. The average molecular weight is 360 g/mol. The van der Waals surface area contributed by atoms with Gasteiger partial charge in [0.05, 0.1) is 17.6 Å². The van der Waals surface area contributed by atoms with Crippen LogP contribution in [0.3, 0.4) is 0 Å². The molecule has 1 aromatic carbocycles. The molecule has 3 aromatic heterocycles. The zero-order valence-corrected chi connectivity index (χ0v) is 14.5. The number of aromatic nitrogens is 3. The van der Waals surface area contributed by atoms with E-state index < -0.39 is 6.09 Å². The molecule has 0 bridgehead atoms. The summed E-state index contributed by atoms with van der Waals surface area (Å²) in [4.78, 5) is 23.5. The zero-order chi connectivity index (χ0) is 18.6. The number of rotatable bonds is 4. The molecule has 0 fully saturated rings. The normalized spacial score (nSPS) is 10.6. The van der Waals surface area contributed by atoms with Gasteiger partial charge in [-0.3, -0.25) is 10.3 Å². The molecule has 0 aliphatic heterocycles. The molecule has 0 unspecified atom stereocenters. The third-order valence-electron chi connectivity index (χ3n) is 3.91. The van der Waals surface area contributed by atoms with E-state index >= 15 is 0 Å². The van der Waals surface area contributed by atoms with Crippen LogP contribution in [0.15, 0.2) is 67.1 Å². The number of hydrogen-bond donors (Lipinski definition) is 2. The summed E-state index contributed by atoms with van der Waals surface area (Å²) in [5, 5.41) is 3.48. The molecule has 0 aliphatic carbocycles. The fourth-order valence-corrected chi connectivity index (χ4v) is 2.58. The van der Waals surface area contributed by atoms with Gasteiger partial charge in [0.1, 0.15) is 0 Å². The van der Waals surface area contributed by atoms with Crippen LogP contribution in [-0.4, -0.2) is 21.0 Å². The standard InChI is InChI=1S/C20H16N4O3/c1-13-17(7-4-10-21-13)26-19-9-8-14(11-23-19)24-20(25)27-18-12-22-16-6-3-2-5-15(16)18/h2-12,22H,1H3,(H,24,25). The summed E-state index contributed by atoms with van der Waals surface area (Å²) in [6, 6.07) is 14.5. The molecule has 2 N–H and O–H groups in total. The lowest BCUT2D eigenvalue weighted by Crippen LogP contribution is -2.16. The third kappa shape index (κ3) is 3.72. The van der Waals surface area contributed by atoms with Crippen LogP contribution in [0.2, 0.25) is 0 Å². The van der Waals surface area contributed by atoms with Crippen LogP contribution < -0.4 is 14.8 Å². The van der Waals surface area contributed by atoms with Gasteiger partial charge in [0.2, 0.25) is 5.88 Å². The Hall–Kier alpha value is -3.87. The summed E-state index contributed by atoms with van der Waals surface area (Å²) in [6.07, 6.45) is 4.24. The number of anilines is 1. The second-order valence-electron chi connectivity index (χ2n) is 5.79. The Labute approximate surface area is 155 Å². The Kier molecular flexibility index (Phi) is 4.40. The van der Waals surface area contributed by atoms with Crippen molar-refractivity contribution in [1.29, 1.82) is 0 Å². The summed E-state index contributed by atoms with van der Waals surface area (Å²) >= 11 is 0. The van der Waals surface area contributed by atoms with Crippen molar-refractivity contribution in [3.05, 3.63) is 72.8 Å². The molecular weight excluding hydrogens is 344 g/mol. The van der Waals surface area contributed by atoms with Gasteiger partial charge in [-0.1, -0.05) is 12.1 Å². The van der Waals surface area contributed by atoms with Gasteiger partial charge in [0.25, 0.3) is 0 Å². The van der Waals surface area contributed by atoms with Gasteiger partial charge in [0, 0.05) is 29.4 Å². The van der Waals surface area contributed by atoms with Crippen molar-refractivity contribution >= 4 is 22.7 Å². The monoisotopic (exact) mass is 360 g/mol. The first kappa shape index (κ1) is 16.6. The highest BCUT2D eigenvalue weighted by Gasteiger charge is 2.10. The molecule has 7 heteroatoms. The number of amides is 1. The van der Waals surface area contributed by atoms with Crippen LogP contribution in [0.5, 0.6) is 17.4 Å². The minimum Gasteiger partial charge on any atom is -0.437 e. The minimum atomic E-state index is -0.599. The van der Waals surface area contributed by atoms with E-state index in [9.17, 15) is 4.79 Å². The predicted octanol–water partition coefficient (Wildman–Crippen LogP) is 4.67. The number of H-pyrrole nitrogens is 1. The van der Waals surface area contributed by atoms with Gasteiger partial charge >= 0.3 is 6.09 Å². The molecule has 0 aliphatic rings. The SMILES string of the molecule is Cc1ncccc1Oc1ccc(NC(=O)Oc2c[nH]c3ccccc23)cn1. The molecule has 0 saturated heterocycles. The van der Waals surface area contributed by atoms with E-state index in [0.29, 0.717) is 23.1 Å². The summed E-state index contributed by atoms with van der Waals surface area (Å²) in [6.45, 7) is 1.85. The lowest BCUT2D eigenvalue weighted by atomic mass is 10.2. The zero-order valence-electron chi connectivity index (χ0n) is 14.5. The van der Waals surface area contributed by atoms with E-state index in [2.05, 4.69) is 20.3 Å². The Morgan fingerprint density at radius 1 is 1.04 bits per heavy atom. The molecule has 0 saturated carbocycles. The number of ether oxygens (including phenoxy) is 2. The largest absolute Gasteiger partial charge is 0.437 e. The Bertz CT molecular complexity index is 1090. The molecule has 134 valence electrons. The fraction of sp³-hybridized carbons (Fsp3) is 0.0500. The number of pyridine rings is 2. The molecule has 27 heavy (non-hydrogen) atoms. The number of fused-ring (bicyclic) bond motifs is 1. The van der Waals surface area contributed by atoms with Crippen molar-refractivity contribution in [2.24, 2.45) is 0 Å². The maximum absolute atomic E-state index is 12.1. The first-order valence-corrected chi connectivity index (χ1v) is 8.29.